The average molecular weight is 408 g/mol. The summed E-state index contributed by atoms with van der Waals surface area (Å²) >= 11 is 0. The Morgan fingerprint density at radius 2 is 1.90 bits per heavy atom. The number of rotatable bonds is 8. The number of aliphatic imine (C=N–C) groups is 1. The number of guanidine groups is 1. The SMILES string of the molecule is CN=C(NCCCc1nnc2n1CCCCC2)NCCCn1ccc2ccccc21. The van der Waals surface area contributed by atoms with E-state index in [1.807, 2.05) is 7.05 Å². The zero-order valence-corrected chi connectivity index (χ0v) is 18.0. The third-order valence-corrected chi connectivity index (χ3v) is 5.83. The molecular formula is C23H33N7. The van der Waals surface area contributed by atoms with Gasteiger partial charge in [-0.3, -0.25) is 4.99 Å². The van der Waals surface area contributed by atoms with Crippen molar-refractivity contribution in [2.45, 2.75) is 58.0 Å². The summed E-state index contributed by atoms with van der Waals surface area (Å²) < 4.78 is 4.65. The summed E-state index contributed by atoms with van der Waals surface area (Å²) in [5.41, 5.74) is 1.30. The van der Waals surface area contributed by atoms with Gasteiger partial charge >= 0.3 is 0 Å². The molecule has 0 saturated carbocycles. The van der Waals surface area contributed by atoms with Gasteiger partial charge < -0.3 is 19.8 Å². The lowest BCUT2D eigenvalue weighted by Gasteiger charge is -2.12. The number of benzene rings is 1. The van der Waals surface area contributed by atoms with Crippen molar-refractivity contribution in [1.29, 1.82) is 0 Å². The number of nitrogens with zero attached hydrogens (tertiary/aromatic N) is 5. The smallest absolute Gasteiger partial charge is 0.190 e. The number of fused-ring (bicyclic) bond motifs is 2. The molecule has 0 atom stereocenters. The Kier molecular flexibility index (Phi) is 7.00. The molecule has 3 aromatic rings. The number of hydrogen-bond acceptors (Lipinski definition) is 3. The van der Waals surface area contributed by atoms with Gasteiger partial charge in [-0.15, -0.1) is 10.2 Å². The Labute approximate surface area is 178 Å². The van der Waals surface area contributed by atoms with Gasteiger partial charge in [0.1, 0.15) is 11.6 Å². The number of nitrogens with one attached hydrogen (secondary N) is 2. The fraction of sp³-hybridized carbons (Fsp3) is 0.522. The predicted molar refractivity (Wildman–Crippen MR) is 122 cm³/mol. The highest BCUT2D eigenvalue weighted by molar-refractivity contribution is 5.80. The molecule has 3 heterocycles. The summed E-state index contributed by atoms with van der Waals surface area (Å²) in [5, 5.41) is 17.0. The van der Waals surface area contributed by atoms with Gasteiger partial charge in [-0.05, 0) is 43.2 Å². The molecule has 7 heteroatoms. The van der Waals surface area contributed by atoms with E-state index in [-0.39, 0.29) is 0 Å². The quantitative estimate of drug-likeness (QED) is 0.342. The third-order valence-electron chi connectivity index (χ3n) is 5.83. The number of aromatic nitrogens is 4. The van der Waals surface area contributed by atoms with Crippen LogP contribution in [0.3, 0.4) is 0 Å². The van der Waals surface area contributed by atoms with Crippen molar-refractivity contribution in [2.24, 2.45) is 4.99 Å². The fourth-order valence-corrected chi connectivity index (χ4v) is 4.20. The molecule has 7 nitrogen and oxygen atoms in total. The molecular weight excluding hydrogens is 374 g/mol. The minimum atomic E-state index is 0.868. The Morgan fingerprint density at radius 1 is 1.03 bits per heavy atom. The maximum Gasteiger partial charge on any atom is 0.190 e. The van der Waals surface area contributed by atoms with E-state index < -0.39 is 0 Å². The second-order valence-corrected chi connectivity index (χ2v) is 7.95. The summed E-state index contributed by atoms with van der Waals surface area (Å²) in [5.74, 6) is 3.17. The van der Waals surface area contributed by atoms with Crippen LogP contribution in [0.1, 0.15) is 43.8 Å². The molecule has 30 heavy (non-hydrogen) atoms. The molecule has 0 saturated heterocycles. The summed E-state index contributed by atoms with van der Waals surface area (Å²) in [6.45, 7) is 3.84. The molecule has 1 aliphatic heterocycles. The summed E-state index contributed by atoms with van der Waals surface area (Å²) in [6.07, 6.45) is 10.0. The molecule has 0 amide bonds. The maximum absolute atomic E-state index is 4.42. The van der Waals surface area contributed by atoms with Gasteiger partial charge in [0, 0.05) is 57.8 Å². The first-order valence-electron chi connectivity index (χ1n) is 11.2. The minimum Gasteiger partial charge on any atom is -0.356 e. The third kappa shape index (κ3) is 5.01. The van der Waals surface area contributed by atoms with Crippen molar-refractivity contribution in [2.75, 3.05) is 20.1 Å². The minimum absolute atomic E-state index is 0.868. The van der Waals surface area contributed by atoms with Crippen LogP contribution in [-0.2, 0) is 25.9 Å². The van der Waals surface area contributed by atoms with Crippen molar-refractivity contribution < 1.29 is 0 Å². The second kappa shape index (κ2) is 10.3. The molecule has 160 valence electrons. The molecule has 0 unspecified atom stereocenters. The van der Waals surface area contributed by atoms with Crippen LogP contribution in [0.4, 0.5) is 0 Å². The monoisotopic (exact) mass is 407 g/mol. The van der Waals surface area contributed by atoms with Crippen LogP contribution in [0.2, 0.25) is 0 Å². The fourth-order valence-electron chi connectivity index (χ4n) is 4.20. The van der Waals surface area contributed by atoms with Crippen LogP contribution < -0.4 is 10.6 Å². The Bertz CT molecular complexity index is 969. The average Bonchev–Trinajstić information content (AvgIpc) is 3.28. The van der Waals surface area contributed by atoms with E-state index in [0.717, 1.165) is 63.6 Å². The Morgan fingerprint density at radius 3 is 2.80 bits per heavy atom. The molecule has 0 spiro atoms. The summed E-state index contributed by atoms with van der Waals surface area (Å²) in [7, 11) is 1.83. The summed E-state index contributed by atoms with van der Waals surface area (Å²) in [4.78, 5) is 4.34. The van der Waals surface area contributed by atoms with Crippen LogP contribution in [0.15, 0.2) is 41.5 Å². The lowest BCUT2D eigenvalue weighted by Crippen LogP contribution is -2.38. The van der Waals surface area contributed by atoms with E-state index in [0.29, 0.717) is 0 Å². The van der Waals surface area contributed by atoms with E-state index in [4.69, 9.17) is 0 Å². The van der Waals surface area contributed by atoms with Crippen molar-refractivity contribution in [3.05, 3.63) is 48.2 Å². The highest BCUT2D eigenvalue weighted by Gasteiger charge is 2.14. The first kappa shape index (κ1) is 20.4. The topological polar surface area (TPSA) is 72.1 Å². The largest absolute Gasteiger partial charge is 0.356 e. The second-order valence-electron chi connectivity index (χ2n) is 7.95. The van der Waals surface area contributed by atoms with Crippen molar-refractivity contribution in [3.63, 3.8) is 0 Å². The van der Waals surface area contributed by atoms with Gasteiger partial charge in [-0.25, -0.2) is 0 Å². The van der Waals surface area contributed by atoms with E-state index in [2.05, 4.69) is 71.5 Å². The lowest BCUT2D eigenvalue weighted by molar-refractivity contribution is 0.593. The van der Waals surface area contributed by atoms with Crippen molar-refractivity contribution in [3.8, 4) is 0 Å². The summed E-state index contributed by atoms with van der Waals surface area (Å²) in [6, 6.07) is 10.7. The predicted octanol–water partition coefficient (Wildman–Crippen LogP) is 3.15. The van der Waals surface area contributed by atoms with Crippen molar-refractivity contribution >= 4 is 16.9 Å². The van der Waals surface area contributed by atoms with Crippen LogP contribution in [0, 0.1) is 0 Å². The number of aryl methyl sites for hydroxylation is 3. The van der Waals surface area contributed by atoms with Gasteiger partial charge in [0.05, 0.1) is 0 Å². The molecule has 0 radical (unpaired) electrons. The molecule has 0 fully saturated rings. The molecule has 0 bridgehead atoms. The normalized spacial score (nSPS) is 14.5. The van der Waals surface area contributed by atoms with E-state index >= 15 is 0 Å². The molecule has 0 aliphatic carbocycles. The number of hydrogen-bond donors (Lipinski definition) is 2. The van der Waals surface area contributed by atoms with Crippen molar-refractivity contribution in [1.82, 2.24) is 30.0 Å². The molecule has 2 aromatic heterocycles. The van der Waals surface area contributed by atoms with Crippen LogP contribution in [0.5, 0.6) is 0 Å². The highest BCUT2D eigenvalue weighted by Crippen LogP contribution is 2.16. The first-order valence-corrected chi connectivity index (χ1v) is 11.2. The van der Waals surface area contributed by atoms with E-state index in [1.165, 1.54) is 36.0 Å². The Hall–Kier alpha value is -2.83. The molecule has 4 rings (SSSR count). The molecule has 1 aliphatic rings. The lowest BCUT2D eigenvalue weighted by atomic mass is 10.2. The van der Waals surface area contributed by atoms with Gasteiger partial charge in [-0.1, -0.05) is 24.6 Å². The zero-order valence-electron chi connectivity index (χ0n) is 18.0. The van der Waals surface area contributed by atoms with Gasteiger partial charge in [0.25, 0.3) is 0 Å². The van der Waals surface area contributed by atoms with Crippen LogP contribution >= 0.6 is 0 Å². The standard InChI is InChI=1S/C23H33N7/c1-24-23(26-15-8-16-29-18-13-19-9-4-5-10-20(19)29)25-14-7-12-22-28-27-21-11-3-2-6-17-30(21)22/h4-5,9-10,13,18H,2-3,6-8,11-12,14-17H2,1H3,(H2,24,25,26). The molecule has 2 N–H and O–H groups in total. The van der Waals surface area contributed by atoms with Gasteiger partial charge in [-0.2, -0.15) is 0 Å². The number of para-hydroxylation sites is 1. The van der Waals surface area contributed by atoms with Gasteiger partial charge in [0.2, 0.25) is 0 Å². The molecule has 1 aromatic carbocycles. The first-order chi connectivity index (χ1) is 14.8. The van der Waals surface area contributed by atoms with Crippen LogP contribution in [0.25, 0.3) is 10.9 Å². The maximum atomic E-state index is 4.42. The van der Waals surface area contributed by atoms with E-state index in [9.17, 15) is 0 Å². The Balaban J connectivity index is 1.15. The van der Waals surface area contributed by atoms with Crippen LogP contribution in [-0.4, -0.2) is 45.4 Å². The van der Waals surface area contributed by atoms with Gasteiger partial charge in [0.15, 0.2) is 5.96 Å². The zero-order chi connectivity index (χ0) is 20.6. The highest BCUT2D eigenvalue weighted by atomic mass is 15.3. The van der Waals surface area contributed by atoms with E-state index in [1.54, 1.807) is 0 Å².